The zero-order valence-electron chi connectivity index (χ0n) is 12.0. The van der Waals surface area contributed by atoms with Crippen molar-refractivity contribution in [2.75, 3.05) is 0 Å². The van der Waals surface area contributed by atoms with Gasteiger partial charge in [-0.15, -0.1) is 10.2 Å². The lowest BCUT2D eigenvalue weighted by atomic mass is 10.0. The third kappa shape index (κ3) is 2.65. The largest absolute Gasteiger partial charge is 0.324 e. The Hall–Kier alpha value is -1.76. The minimum absolute atomic E-state index is 0.00605. The fourth-order valence-electron chi connectivity index (χ4n) is 2.38. The van der Waals surface area contributed by atoms with Crippen molar-refractivity contribution in [3.8, 4) is 0 Å². The standard InChI is InChI=1S/C12H21N7/c1-5-9-12(8(3)13)10(6-2)19(15-9)7-11-14-17-18(4)16-11/h8H,5-7,13H2,1-4H3. The molecule has 1 unspecified atom stereocenters. The molecule has 1 atom stereocenters. The van der Waals surface area contributed by atoms with Crippen LogP contribution in [0.15, 0.2) is 0 Å². The molecule has 7 nitrogen and oxygen atoms in total. The molecule has 2 rings (SSSR count). The quantitative estimate of drug-likeness (QED) is 0.853. The topological polar surface area (TPSA) is 87.4 Å². The van der Waals surface area contributed by atoms with E-state index in [4.69, 9.17) is 5.73 Å². The second-order valence-electron chi connectivity index (χ2n) is 4.66. The van der Waals surface area contributed by atoms with E-state index in [-0.39, 0.29) is 6.04 Å². The first-order chi connectivity index (χ1) is 9.06. The van der Waals surface area contributed by atoms with Crippen molar-refractivity contribution < 1.29 is 0 Å². The molecule has 104 valence electrons. The van der Waals surface area contributed by atoms with Crippen molar-refractivity contribution in [2.24, 2.45) is 12.8 Å². The van der Waals surface area contributed by atoms with Crippen molar-refractivity contribution >= 4 is 0 Å². The summed E-state index contributed by atoms with van der Waals surface area (Å²) in [6, 6.07) is -0.00605. The lowest BCUT2D eigenvalue weighted by molar-refractivity contribution is 0.601. The Balaban J connectivity index is 2.39. The summed E-state index contributed by atoms with van der Waals surface area (Å²) in [6.45, 7) is 6.75. The lowest BCUT2D eigenvalue weighted by Gasteiger charge is -2.09. The number of hydrogen-bond acceptors (Lipinski definition) is 5. The van der Waals surface area contributed by atoms with Crippen molar-refractivity contribution in [2.45, 2.75) is 46.2 Å². The van der Waals surface area contributed by atoms with E-state index in [0.717, 1.165) is 24.1 Å². The summed E-state index contributed by atoms with van der Waals surface area (Å²) in [6.07, 6.45) is 1.77. The van der Waals surface area contributed by atoms with E-state index in [2.05, 4.69) is 34.4 Å². The smallest absolute Gasteiger partial charge is 0.196 e. The van der Waals surface area contributed by atoms with Crippen LogP contribution in [-0.2, 0) is 26.4 Å². The number of tetrazole rings is 1. The normalized spacial score (nSPS) is 12.9. The van der Waals surface area contributed by atoms with Crippen LogP contribution in [0.3, 0.4) is 0 Å². The molecule has 0 spiro atoms. The van der Waals surface area contributed by atoms with Crippen molar-refractivity contribution in [3.63, 3.8) is 0 Å². The Labute approximate surface area is 112 Å². The van der Waals surface area contributed by atoms with Gasteiger partial charge < -0.3 is 5.73 Å². The molecule has 0 radical (unpaired) electrons. The van der Waals surface area contributed by atoms with Gasteiger partial charge in [-0.05, 0) is 25.0 Å². The molecule has 0 saturated heterocycles. The average Bonchev–Trinajstić information content (AvgIpc) is 2.93. The highest BCUT2D eigenvalue weighted by Gasteiger charge is 2.19. The van der Waals surface area contributed by atoms with Crippen molar-refractivity contribution in [3.05, 3.63) is 22.8 Å². The van der Waals surface area contributed by atoms with E-state index in [9.17, 15) is 0 Å². The molecule has 2 aromatic heterocycles. The first-order valence-corrected chi connectivity index (χ1v) is 6.63. The lowest BCUT2D eigenvalue weighted by Crippen LogP contribution is -2.12. The highest BCUT2D eigenvalue weighted by molar-refractivity contribution is 5.30. The van der Waals surface area contributed by atoms with Gasteiger partial charge in [0.25, 0.3) is 0 Å². The van der Waals surface area contributed by atoms with Crippen molar-refractivity contribution in [1.82, 2.24) is 30.0 Å². The van der Waals surface area contributed by atoms with E-state index in [1.165, 1.54) is 10.5 Å². The summed E-state index contributed by atoms with van der Waals surface area (Å²) in [5, 5.41) is 16.7. The number of aromatic nitrogens is 6. The Morgan fingerprint density at radius 2 is 1.95 bits per heavy atom. The molecule has 0 bridgehead atoms. The number of rotatable bonds is 5. The molecule has 2 aromatic rings. The highest BCUT2D eigenvalue weighted by Crippen LogP contribution is 2.22. The van der Waals surface area contributed by atoms with Gasteiger partial charge in [0, 0.05) is 17.3 Å². The van der Waals surface area contributed by atoms with Gasteiger partial charge in [0.2, 0.25) is 0 Å². The first kappa shape index (κ1) is 13.7. The number of nitrogens with two attached hydrogens (primary N) is 1. The summed E-state index contributed by atoms with van der Waals surface area (Å²) in [4.78, 5) is 1.46. The molecule has 0 aliphatic rings. The number of nitrogens with zero attached hydrogens (tertiary/aromatic N) is 6. The van der Waals surface area contributed by atoms with Crippen LogP contribution in [0.2, 0.25) is 0 Å². The second kappa shape index (κ2) is 5.48. The molecule has 2 N–H and O–H groups in total. The van der Waals surface area contributed by atoms with Crippen LogP contribution in [0.1, 0.15) is 49.6 Å². The van der Waals surface area contributed by atoms with E-state index in [1.807, 2.05) is 11.6 Å². The summed E-state index contributed by atoms with van der Waals surface area (Å²) < 4.78 is 1.95. The van der Waals surface area contributed by atoms with Gasteiger partial charge in [-0.25, -0.2) is 0 Å². The van der Waals surface area contributed by atoms with Gasteiger partial charge in [-0.3, -0.25) is 4.68 Å². The predicted molar refractivity (Wildman–Crippen MR) is 71.5 cm³/mol. The molecule has 2 heterocycles. The fraction of sp³-hybridized carbons (Fsp3) is 0.667. The van der Waals surface area contributed by atoms with Crippen molar-refractivity contribution in [1.29, 1.82) is 0 Å². The maximum atomic E-state index is 6.08. The number of hydrogen-bond donors (Lipinski definition) is 1. The SMILES string of the molecule is CCc1nn(Cc2nnn(C)n2)c(CC)c1C(C)N. The molecule has 19 heavy (non-hydrogen) atoms. The zero-order valence-corrected chi connectivity index (χ0v) is 12.0. The summed E-state index contributed by atoms with van der Waals surface area (Å²) >= 11 is 0. The molecule has 0 aromatic carbocycles. The van der Waals surface area contributed by atoms with E-state index in [1.54, 1.807) is 7.05 Å². The molecular formula is C12H21N7. The van der Waals surface area contributed by atoms with E-state index < -0.39 is 0 Å². The predicted octanol–water partition coefficient (Wildman–Crippen LogP) is 0.599. The van der Waals surface area contributed by atoms with Crippen LogP contribution in [0.5, 0.6) is 0 Å². The Morgan fingerprint density at radius 1 is 1.21 bits per heavy atom. The Morgan fingerprint density at radius 3 is 2.42 bits per heavy atom. The maximum absolute atomic E-state index is 6.08. The van der Waals surface area contributed by atoms with Gasteiger partial charge >= 0.3 is 0 Å². The third-order valence-electron chi connectivity index (χ3n) is 3.14. The first-order valence-electron chi connectivity index (χ1n) is 6.63. The van der Waals surface area contributed by atoms with Crippen LogP contribution in [0, 0.1) is 0 Å². The van der Waals surface area contributed by atoms with Gasteiger partial charge in [0.05, 0.1) is 12.7 Å². The zero-order chi connectivity index (χ0) is 14.0. The highest BCUT2D eigenvalue weighted by atomic mass is 15.6. The summed E-state index contributed by atoms with van der Waals surface area (Å²) in [7, 11) is 1.76. The summed E-state index contributed by atoms with van der Waals surface area (Å²) in [5.41, 5.74) is 9.47. The monoisotopic (exact) mass is 263 g/mol. The molecule has 7 heteroatoms. The second-order valence-corrected chi connectivity index (χ2v) is 4.66. The molecule has 0 aliphatic carbocycles. The molecule has 0 amide bonds. The molecule has 0 aliphatic heterocycles. The van der Waals surface area contributed by atoms with Crippen LogP contribution < -0.4 is 5.73 Å². The average molecular weight is 263 g/mol. The van der Waals surface area contributed by atoms with Gasteiger partial charge in [-0.1, -0.05) is 13.8 Å². The van der Waals surface area contributed by atoms with Gasteiger partial charge in [0.1, 0.15) is 6.54 Å². The Bertz CT molecular complexity index is 552. The van der Waals surface area contributed by atoms with Crippen LogP contribution >= 0.6 is 0 Å². The van der Waals surface area contributed by atoms with E-state index in [0.29, 0.717) is 12.4 Å². The van der Waals surface area contributed by atoms with Gasteiger partial charge in [-0.2, -0.15) is 9.90 Å². The Kier molecular flexibility index (Phi) is 3.94. The minimum atomic E-state index is -0.00605. The van der Waals surface area contributed by atoms with Gasteiger partial charge in [0.15, 0.2) is 5.82 Å². The maximum Gasteiger partial charge on any atom is 0.196 e. The van der Waals surface area contributed by atoms with Crippen LogP contribution in [-0.4, -0.2) is 30.0 Å². The van der Waals surface area contributed by atoms with Crippen LogP contribution in [0.4, 0.5) is 0 Å². The minimum Gasteiger partial charge on any atom is -0.324 e. The summed E-state index contributed by atoms with van der Waals surface area (Å²) in [5.74, 6) is 0.665. The molecule has 0 saturated carbocycles. The van der Waals surface area contributed by atoms with Crippen LogP contribution in [0.25, 0.3) is 0 Å². The fourth-order valence-corrected chi connectivity index (χ4v) is 2.38. The number of aryl methyl sites for hydroxylation is 2. The third-order valence-corrected chi connectivity index (χ3v) is 3.14. The van der Waals surface area contributed by atoms with E-state index >= 15 is 0 Å². The molecule has 0 fully saturated rings. The molecular weight excluding hydrogens is 242 g/mol.